The van der Waals surface area contributed by atoms with Crippen LogP contribution in [0.2, 0.25) is 0 Å². The Morgan fingerprint density at radius 2 is 1.83 bits per heavy atom. The fourth-order valence-electron chi connectivity index (χ4n) is 1.91. The van der Waals surface area contributed by atoms with E-state index >= 15 is 0 Å². The van der Waals surface area contributed by atoms with Crippen LogP contribution in [0.1, 0.15) is 48.9 Å². The van der Waals surface area contributed by atoms with E-state index in [1.54, 1.807) is 13.0 Å². The SMILES string of the molecule is C=C(C)c1cnc([N+](=O)[O-])c(C)c1.Cc1cc(C(C)C)cnc1N. The molecule has 2 rings (SSSR count). The monoisotopic (exact) mass is 328 g/mol. The molecule has 0 amide bonds. The number of hydrogen-bond donors (Lipinski definition) is 1. The molecule has 2 aromatic rings. The number of allylic oxidation sites excluding steroid dienone is 1. The van der Waals surface area contributed by atoms with Gasteiger partial charge >= 0.3 is 5.82 Å². The third kappa shape index (κ3) is 5.15. The van der Waals surface area contributed by atoms with Crippen LogP contribution in [0.3, 0.4) is 0 Å². The first-order chi connectivity index (χ1) is 11.1. The van der Waals surface area contributed by atoms with Crippen molar-refractivity contribution in [3.05, 3.63) is 63.5 Å². The molecule has 0 spiro atoms. The molecule has 0 unspecified atom stereocenters. The second-order valence-electron chi connectivity index (χ2n) is 6.03. The molecule has 6 heteroatoms. The molecule has 2 heterocycles. The number of nitro groups is 1. The van der Waals surface area contributed by atoms with E-state index in [1.807, 2.05) is 20.0 Å². The average molecular weight is 328 g/mol. The second-order valence-corrected chi connectivity index (χ2v) is 6.03. The zero-order valence-electron chi connectivity index (χ0n) is 14.8. The van der Waals surface area contributed by atoms with Gasteiger partial charge in [0.1, 0.15) is 12.0 Å². The number of nitrogens with two attached hydrogens (primary N) is 1. The highest BCUT2D eigenvalue weighted by Gasteiger charge is 2.12. The maximum absolute atomic E-state index is 10.4. The molecule has 0 fully saturated rings. The molecular weight excluding hydrogens is 304 g/mol. The van der Waals surface area contributed by atoms with Crippen LogP contribution in [0.15, 0.2) is 31.1 Å². The highest BCUT2D eigenvalue weighted by molar-refractivity contribution is 5.62. The van der Waals surface area contributed by atoms with Crippen LogP contribution in [0.5, 0.6) is 0 Å². The van der Waals surface area contributed by atoms with E-state index < -0.39 is 4.92 Å². The molecule has 0 bridgehead atoms. The van der Waals surface area contributed by atoms with Crippen LogP contribution in [0.25, 0.3) is 5.57 Å². The Bertz CT molecular complexity index is 755. The van der Waals surface area contributed by atoms with Crippen molar-refractivity contribution in [1.82, 2.24) is 9.97 Å². The summed E-state index contributed by atoms with van der Waals surface area (Å²) in [4.78, 5) is 17.8. The van der Waals surface area contributed by atoms with E-state index in [9.17, 15) is 10.1 Å². The number of aromatic nitrogens is 2. The van der Waals surface area contributed by atoms with Gasteiger partial charge in [-0.05, 0) is 59.4 Å². The minimum Gasteiger partial charge on any atom is -0.383 e. The molecule has 0 radical (unpaired) electrons. The van der Waals surface area contributed by atoms with Gasteiger partial charge in [0.25, 0.3) is 0 Å². The van der Waals surface area contributed by atoms with Crippen molar-refractivity contribution in [2.24, 2.45) is 0 Å². The second kappa shape index (κ2) is 8.19. The van der Waals surface area contributed by atoms with Crippen LogP contribution >= 0.6 is 0 Å². The van der Waals surface area contributed by atoms with Crippen LogP contribution in [-0.4, -0.2) is 14.9 Å². The van der Waals surface area contributed by atoms with Crippen molar-refractivity contribution in [2.45, 2.75) is 40.5 Å². The van der Waals surface area contributed by atoms with Gasteiger partial charge in [0.15, 0.2) is 0 Å². The van der Waals surface area contributed by atoms with Crippen LogP contribution < -0.4 is 5.73 Å². The first-order valence-electron chi connectivity index (χ1n) is 7.62. The smallest absolute Gasteiger partial charge is 0.366 e. The van der Waals surface area contributed by atoms with Crippen molar-refractivity contribution in [3.8, 4) is 0 Å². The van der Waals surface area contributed by atoms with Crippen molar-refractivity contribution >= 4 is 17.2 Å². The van der Waals surface area contributed by atoms with Gasteiger partial charge in [-0.1, -0.05) is 26.5 Å². The molecule has 6 nitrogen and oxygen atoms in total. The van der Waals surface area contributed by atoms with Gasteiger partial charge in [-0.25, -0.2) is 4.98 Å². The summed E-state index contributed by atoms with van der Waals surface area (Å²) in [6, 6.07) is 3.81. The largest absolute Gasteiger partial charge is 0.383 e. The van der Waals surface area contributed by atoms with E-state index in [1.165, 1.54) is 11.8 Å². The predicted molar refractivity (Wildman–Crippen MR) is 97.8 cm³/mol. The molecule has 2 aromatic heterocycles. The molecule has 24 heavy (non-hydrogen) atoms. The number of hydrogen-bond acceptors (Lipinski definition) is 5. The summed E-state index contributed by atoms with van der Waals surface area (Å²) in [5.74, 6) is 1.07. The van der Waals surface area contributed by atoms with Crippen molar-refractivity contribution in [2.75, 3.05) is 5.73 Å². The molecule has 0 saturated heterocycles. The molecule has 0 aliphatic heterocycles. The van der Waals surface area contributed by atoms with Gasteiger partial charge < -0.3 is 15.8 Å². The van der Waals surface area contributed by atoms with Crippen molar-refractivity contribution in [3.63, 3.8) is 0 Å². The molecule has 128 valence electrons. The fourth-order valence-corrected chi connectivity index (χ4v) is 1.91. The summed E-state index contributed by atoms with van der Waals surface area (Å²) in [6.07, 6.45) is 3.31. The molecule has 0 aliphatic rings. The zero-order chi connectivity index (χ0) is 18.4. The van der Waals surface area contributed by atoms with Crippen molar-refractivity contribution < 1.29 is 4.92 Å². The first-order valence-corrected chi connectivity index (χ1v) is 7.62. The van der Waals surface area contributed by atoms with E-state index in [4.69, 9.17) is 5.73 Å². The van der Waals surface area contributed by atoms with Crippen LogP contribution in [0, 0.1) is 24.0 Å². The third-order valence-electron chi connectivity index (χ3n) is 3.52. The van der Waals surface area contributed by atoms with Crippen LogP contribution in [0.4, 0.5) is 11.6 Å². The Balaban J connectivity index is 0.000000243. The number of anilines is 1. The zero-order valence-corrected chi connectivity index (χ0v) is 14.8. The highest BCUT2D eigenvalue weighted by Crippen LogP contribution is 2.19. The fraction of sp³-hybridized carbons (Fsp3) is 0.333. The minimum absolute atomic E-state index is 0.0926. The molecule has 0 aliphatic carbocycles. The molecule has 0 saturated carbocycles. The summed E-state index contributed by atoms with van der Waals surface area (Å²) in [6.45, 7) is 13.5. The third-order valence-corrected chi connectivity index (χ3v) is 3.52. The standard InChI is InChI=1S/C9H10N2O2.C9H14N2/c1-6(2)8-4-7(3)9(10-5-8)11(12)13;1-6(2)8-4-7(3)9(10)11-5-8/h4-5H,1H2,2-3H3;4-6H,1-3H3,(H2,10,11). The Labute approximate surface area is 142 Å². The summed E-state index contributed by atoms with van der Waals surface area (Å²) in [5, 5.41) is 10.4. The van der Waals surface area contributed by atoms with Gasteiger partial charge in [0.05, 0.1) is 0 Å². The Kier molecular flexibility index (Phi) is 6.58. The summed E-state index contributed by atoms with van der Waals surface area (Å²) >= 11 is 0. The topological polar surface area (TPSA) is 94.9 Å². The number of pyridine rings is 2. The summed E-state index contributed by atoms with van der Waals surface area (Å²) < 4.78 is 0. The summed E-state index contributed by atoms with van der Waals surface area (Å²) in [5.41, 5.74) is 10.1. The number of nitrogens with zero attached hydrogens (tertiary/aromatic N) is 3. The van der Waals surface area contributed by atoms with Gasteiger partial charge in [-0.15, -0.1) is 0 Å². The lowest BCUT2D eigenvalue weighted by Crippen LogP contribution is -1.96. The molecule has 0 atom stereocenters. The Morgan fingerprint density at radius 3 is 2.25 bits per heavy atom. The van der Waals surface area contributed by atoms with Gasteiger partial charge in [0, 0.05) is 17.3 Å². The maximum Gasteiger partial charge on any atom is 0.366 e. The molecule has 2 N–H and O–H groups in total. The lowest BCUT2D eigenvalue weighted by Gasteiger charge is -2.06. The number of aryl methyl sites for hydroxylation is 2. The lowest BCUT2D eigenvalue weighted by atomic mass is 10.0. The molecule has 0 aromatic carbocycles. The number of rotatable bonds is 3. The minimum atomic E-state index is -0.489. The van der Waals surface area contributed by atoms with Gasteiger partial charge in [-0.3, -0.25) is 0 Å². The molecular formula is C18H24N4O2. The van der Waals surface area contributed by atoms with E-state index in [-0.39, 0.29) is 5.82 Å². The van der Waals surface area contributed by atoms with Crippen molar-refractivity contribution in [1.29, 1.82) is 0 Å². The maximum atomic E-state index is 10.4. The first kappa shape index (κ1) is 19.3. The average Bonchev–Trinajstić information content (AvgIpc) is 2.49. The quantitative estimate of drug-likeness (QED) is 0.664. The highest BCUT2D eigenvalue weighted by atomic mass is 16.6. The Hall–Kier alpha value is -2.76. The van der Waals surface area contributed by atoms with Gasteiger partial charge in [0.2, 0.25) is 0 Å². The summed E-state index contributed by atoms with van der Waals surface area (Å²) in [7, 11) is 0. The Morgan fingerprint density at radius 1 is 1.21 bits per heavy atom. The normalized spacial score (nSPS) is 10.1. The van der Waals surface area contributed by atoms with Crippen LogP contribution in [-0.2, 0) is 0 Å². The van der Waals surface area contributed by atoms with E-state index in [2.05, 4.69) is 36.5 Å². The van der Waals surface area contributed by atoms with Gasteiger partial charge in [-0.2, -0.15) is 0 Å². The lowest BCUT2D eigenvalue weighted by molar-refractivity contribution is -0.390. The van der Waals surface area contributed by atoms with E-state index in [0.29, 0.717) is 17.3 Å². The van der Waals surface area contributed by atoms with E-state index in [0.717, 1.165) is 16.7 Å². The number of nitrogen functional groups attached to an aromatic ring is 1. The predicted octanol–water partition coefficient (Wildman–Crippen LogP) is 4.43.